The van der Waals surface area contributed by atoms with Crippen LogP contribution in [-0.4, -0.2) is 30.4 Å². The van der Waals surface area contributed by atoms with Crippen LogP contribution in [0.3, 0.4) is 0 Å². The van der Waals surface area contributed by atoms with E-state index in [-0.39, 0.29) is 18.2 Å². The summed E-state index contributed by atoms with van der Waals surface area (Å²) in [7, 11) is 0. The fourth-order valence-electron chi connectivity index (χ4n) is 3.03. The van der Waals surface area contributed by atoms with Crippen LogP contribution in [0.25, 0.3) is 0 Å². The van der Waals surface area contributed by atoms with Crippen LogP contribution in [0.1, 0.15) is 34.6 Å². The third kappa shape index (κ3) is 6.57. The Morgan fingerprint density at radius 3 is 2.23 bits per heavy atom. The van der Waals surface area contributed by atoms with Gasteiger partial charge in [-0.05, 0) is 30.2 Å². The molecule has 3 aromatic rings. The molecule has 0 saturated heterocycles. The van der Waals surface area contributed by atoms with Gasteiger partial charge in [-0.2, -0.15) is 0 Å². The van der Waals surface area contributed by atoms with E-state index in [0.717, 1.165) is 11.1 Å². The molecule has 7 nitrogen and oxygen atoms in total. The Bertz CT molecular complexity index is 987. The van der Waals surface area contributed by atoms with Crippen LogP contribution in [0.2, 0.25) is 0 Å². The molecular formula is C24H24N2O5. The first-order valence-corrected chi connectivity index (χ1v) is 9.92. The minimum absolute atomic E-state index is 0.0836. The maximum atomic E-state index is 12.7. The minimum atomic E-state index is -0.973. The van der Waals surface area contributed by atoms with Gasteiger partial charge in [0.05, 0.1) is 12.3 Å². The summed E-state index contributed by atoms with van der Waals surface area (Å²) in [4.78, 5) is 37.3. The normalized spacial score (nSPS) is 12.4. The fraction of sp³-hybridized carbons (Fsp3) is 0.208. The first-order chi connectivity index (χ1) is 15.0. The lowest BCUT2D eigenvalue weighted by Gasteiger charge is -2.18. The van der Waals surface area contributed by atoms with Crippen molar-refractivity contribution in [3.63, 3.8) is 0 Å². The molecule has 2 amide bonds. The van der Waals surface area contributed by atoms with Gasteiger partial charge in [0.1, 0.15) is 6.04 Å². The largest absolute Gasteiger partial charge is 0.459 e. The smallest absolute Gasteiger partial charge is 0.329 e. The summed E-state index contributed by atoms with van der Waals surface area (Å²) in [6.45, 7) is 1.40. The van der Waals surface area contributed by atoms with Crippen molar-refractivity contribution in [2.75, 3.05) is 6.61 Å². The van der Waals surface area contributed by atoms with Crippen molar-refractivity contribution in [3.8, 4) is 0 Å². The van der Waals surface area contributed by atoms with Gasteiger partial charge < -0.3 is 19.8 Å². The maximum Gasteiger partial charge on any atom is 0.329 e. The lowest BCUT2D eigenvalue weighted by molar-refractivity contribution is -0.150. The van der Waals surface area contributed by atoms with Crippen molar-refractivity contribution in [3.05, 3.63) is 95.9 Å². The third-order valence-electron chi connectivity index (χ3n) is 4.64. The molecule has 7 heteroatoms. The van der Waals surface area contributed by atoms with E-state index in [1.54, 1.807) is 6.07 Å². The second kappa shape index (κ2) is 10.8. The van der Waals surface area contributed by atoms with Gasteiger partial charge in [0.2, 0.25) is 0 Å². The number of furan rings is 1. The molecule has 2 atom stereocenters. The Kier molecular flexibility index (Phi) is 7.59. The molecule has 0 radical (unpaired) electrons. The molecular weight excluding hydrogens is 396 g/mol. The third-order valence-corrected chi connectivity index (χ3v) is 4.64. The monoisotopic (exact) mass is 420 g/mol. The molecule has 0 aliphatic rings. The molecule has 2 N–H and O–H groups in total. The highest BCUT2D eigenvalue weighted by molar-refractivity contribution is 5.94. The molecule has 3 rings (SSSR count). The van der Waals surface area contributed by atoms with Crippen LogP contribution >= 0.6 is 0 Å². The Morgan fingerprint density at radius 1 is 0.903 bits per heavy atom. The van der Waals surface area contributed by atoms with Gasteiger partial charge in [0.25, 0.3) is 11.8 Å². The van der Waals surface area contributed by atoms with Crippen molar-refractivity contribution in [2.24, 2.45) is 0 Å². The Morgan fingerprint density at radius 2 is 1.58 bits per heavy atom. The van der Waals surface area contributed by atoms with Crippen molar-refractivity contribution >= 4 is 17.8 Å². The van der Waals surface area contributed by atoms with Crippen molar-refractivity contribution in [1.29, 1.82) is 0 Å². The Balaban J connectivity index is 1.59. The summed E-state index contributed by atoms with van der Waals surface area (Å²) >= 11 is 0. The van der Waals surface area contributed by atoms with Crippen LogP contribution in [0.15, 0.2) is 83.5 Å². The number of esters is 1. The molecule has 2 aromatic carbocycles. The minimum Gasteiger partial charge on any atom is -0.459 e. The number of hydrogen-bond acceptors (Lipinski definition) is 5. The first-order valence-electron chi connectivity index (χ1n) is 9.92. The van der Waals surface area contributed by atoms with Crippen LogP contribution in [0, 0.1) is 0 Å². The van der Waals surface area contributed by atoms with Crippen molar-refractivity contribution < 1.29 is 23.5 Å². The summed E-state index contributed by atoms with van der Waals surface area (Å²) in [5, 5.41) is 5.40. The lowest BCUT2D eigenvalue weighted by atomic mass is 10.1. The number of nitrogens with one attached hydrogen (secondary N) is 2. The summed E-state index contributed by atoms with van der Waals surface area (Å²) in [5.41, 5.74) is 1.78. The molecule has 160 valence electrons. The second-order valence-corrected chi connectivity index (χ2v) is 7.00. The number of carbonyl (C=O) groups excluding carboxylic acids is 3. The van der Waals surface area contributed by atoms with E-state index in [9.17, 15) is 14.4 Å². The average molecular weight is 420 g/mol. The van der Waals surface area contributed by atoms with E-state index in [4.69, 9.17) is 9.15 Å². The number of rotatable bonds is 9. The molecule has 0 unspecified atom stereocenters. The lowest BCUT2D eigenvalue weighted by Crippen LogP contribution is -2.44. The van der Waals surface area contributed by atoms with E-state index >= 15 is 0 Å². The molecule has 1 heterocycles. The zero-order valence-electron chi connectivity index (χ0n) is 17.1. The second-order valence-electron chi connectivity index (χ2n) is 7.00. The first kappa shape index (κ1) is 21.8. The van der Waals surface area contributed by atoms with Crippen LogP contribution in [0.4, 0.5) is 0 Å². The number of hydrogen-bond donors (Lipinski definition) is 2. The molecule has 0 aliphatic heterocycles. The van der Waals surface area contributed by atoms with Gasteiger partial charge >= 0.3 is 5.97 Å². The van der Waals surface area contributed by atoms with E-state index in [0.29, 0.717) is 0 Å². The molecule has 0 spiro atoms. The summed E-state index contributed by atoms with van der Waals surface area (Å²) in [6, 6.07) is 20.5. The van der Waals surface area contributed by atoms with Crippen LogP contribution in [0.5, 0.6) is 0 Å². The summed E-state index contributed by atoms with van der Waals surface area (Å²) < 4.78 is 10.3. The van der Waals surface area contributed by atoms with Crippen molar-refractivity contribution in [2.45, 2.75) is 25.4 Å². The van der Waals surface area contributed by atoms with E-state index in [1.165, 1.54) is 12.3 Å². The molecule has 0 saturated carbocycles. The van der Waals surface area contributed by atoms with Gasteiger partial charge in [0, 0.05) is 6.42 Å². The van der Waals surface area contributed by atoms with Gasteiger partial charge in [-0.25, -0.2) is 4.79 Å². The quantitative estimate of drug-likeness (QED) is 0.519. The highest BCUT2D eigenvalue weighted by atomic mass is 16.5. The number of ether oxygens (including phenoxy) is 1. The zero-order valence-corrected chi connectivity index (χ0v) is 17.1. The maximum absolute atomic E-state index is 12.7. The van der Waals surface area contributed by atoms with Gasteiger partial charge in [-0.1, -0.05) is 60.7 Å². The van der Waals surface area contributed by atoms with Crippen LogP contribution in [-0.2, 0) is 20.7 Å². The van der Waals surface area contributed by atoms with Gasteiger partial charge in [-0.3, -0.25) is 9.59 Å². The Labute approximate surface area is 180 Å². The van der Waals surface area contributed by atoms with E-state index in [1.807, 2.05) is 67.6 Å². The molecule has 31 heavy (non-hydrogen) atoms. The zero-order chi connectivity index (χ0) is 22.1. The molecule has 0 bridgehead atoms. The molecule has 1 aromatic heterocycles. The highest BCUT2D eigenvalue weighted by Gasteiger charge is 2.25. The Hall–Kier alpha value is -3.87. The summed E-state index contributed by atoms with van der Waals surface area (Å²) in [5.74, 6) is -1.59. The SMILES string of the molecule is C[C@H](NC(=O)COC(=O)[C@H](Cc1ccccc1)NC(=O)c1ccco1)c1ccccc1. The van der Waals surface area contributed by atoms with E-state index < -0.39 is 30.4 Å². The van der Waals surface area contributed by atoms with E-state index in [2.05, 4.69) is 10.6 Å². The standard InChI is InChI=1S/C24H24N2O5/c1-17(19-11-6-3-7-12-19)25-22(27)16-31-24(29)20(15-18-9-4-2-5-10-18)26-23(28)21-13-8-14-30-21/h2-14,17,20H,15-16H2,1H3,(H,25,27)(H,26,28)/t17-,20-/m0/s1. The fourth-order valence-corrected chi connectivity index (χ4v) is 3.03. The van der Waals surface area contributed by atoms with Gasteiger partial charge in [-0.15, -0.1) is 0 Å². The van der Waals surface area contributed by atoms with Crippen LogP contribution < -0.4 is 10.6 Å². The molecule has 0 aliphatic carbocycles. The summed E-state index contributed by atoms with van der Waals surface area (Å²) in [6.07, 6.45) is 1.59. The molecule has 0 fully saturated rings. The number of carbonyl (C=O) groups is 3. The predicted molar refractivity (Wildman–Crippen MR) is 114 cm³/mol. The predicted octanol–water partition coefficient (Wildman–Crippen LogP) is 3.04. The van der Waals surface area contributed by atoms with Crippen molar-refractivity contribution in [1.82, 2.24) is 10.6 Å². The van der Waals surface area contributed by atoms with Gasteiger partial charge in [0.15, 0.2) is 12.4 Å². The highest BCUT2D eigenvalue weighted by Crippen LogP contribution is 2.11. The average Bonchev–Trinajstić information content (AvgIpc) is 3.33. The number of amides is 2. The topological polar surface area (TPSA) is 97.6 Å². The number of benzene rings is 2.